The van der Waals surface area contributed by atoms with Gasteiger partial charge in [0.05, 0.1) is 11.4 Å². The number of carboxylic acid groups (broad SMARTS) is 1. The highest BCUT2D eigenvalue weighted by molar-refractivity contribution is 9.10. The smallest absolute Gasteiger partial charge is 0.313 e. The number of thioether (sulfide) groups is 1. The van der Waals surface area contributed by atoms with Crippen molar-refractivity contribution >= 4 is 33.7 Å². The van der Waals surface area contributed by atoms with Gasteiger partial charge in [0.15, 0.2) is 11.0 Å². The van der Waals surface area contributed by atoms with Gasteiger partial charge in [-0.2, -0.15) is 0 Å². The number of nitrogens with zero attached hydrogens (tertiary/aromatic N) is 3. The van der Waals surface area contributed by atoms with E-state index in [9.17, 15) is 9.90 Å². The highest BCUT2D eigenvalue weighted by Gasteiger charge is 2.17. The Balaban J connectivity index is 2.50. The van der Waals surface area contributed by atoms with Crippen molar-refractivity contribution in [1.29, 1.82) is 0 Å². The SMILES string of the molecule is Cc1c(Br)cccc1-n1c(CO)nnc1SCC(=O)O. The third-order valence-corrected chi connectivity index (χ3v) is 4.42. The second-order valence-corrected chi connectivity index (χ2v) is 5.76. The highest BCUT2D eigenvalue weighted by Crippen LogP contribution is 2.27. The zero-order valence-electron chi connectivity index (χ0n) is 10.6. The number of hydrogen-bond donors (Lipinski definition) is 2. The lowest BCUT2D eigenvalue weighted by molar-refractivity contribution is -0.133. The van der Waals surface area contributed by atoms with Crippen LogP contribution in [0.15, 0.2) is 27.8 Å². The van der Waals surface area contributed by atoms with Gasteiger partial charge in [-0.05, 0) is 24.6 Å². The zero-order valence-corrected chi connectivity index (χ0v) is 13.0. The van der Waals surface area contributed by atoms with E-state index >= 15 is 0 Å². The molecule has 0 bridgehead atoms. The van der Waals surface area contributed by atoms with Crippen molar-refractivity contribution < 1.29 is 15.0 Å². The van der Waals surface area contributed by atoms with Crippen molar-refractivity contribution in [2.24, 2.45) is 0 Å². The first kappa shape index (κ1) is 15.0. The molecular weight excluding hydrogens is 346 g/mol. The van der Waals surface area contributed by atoms with Gasteiger partial charge in [-0.15, -0.1) is 10.2 Å². The number of hydrogen-bond acceptors (Lipinski definition) is 5. The number of aliphatic hydroxyl groups excluding tert-OH is 1. The van der Waals surface area contributed by atoms with E-state index in [1.807, 2.05) is 25.1 Å². The average Bonchev–Trinajstić information content (AvgIpc) is 2.82. The Labute approximate surface area is 128 Å². The predicted molar refractivity (Wildman–Crippen MR) is 78.1 cm³/mol. The van der Waals surface area contributed by atoms with Crippen molar-refractivity contribution in [3.8, 4) is 5.69 Å². The van der Waals surface area contributed by atoms with Crippen LogP contribution in [0, 0.1) is 6.92 Å². The fraction of sp³-hybridized carbons (Fsp3) is 0.250. The summed E-state index contributed by atoms with van der Waals surface area (Å²) in [5, 5.41) is 26.4. The second-order valence-electron chi connectivity index (χ2n) is 3.96. The summed E-state index contributed by atoms with van der Waals surface area (Å²) in [6.45, 7) is 1.65. The van der Waals surface area contributed by atoms with Crippen molar-refractivity contribution in [2.45, 2.75) is 18.7 Å². The molecular formula is C12H12BrN3O3S. The van der Waals surface area contributed by atoms with Gasteiger partial charge in [-0.25, -0.2) is 0 Å². The van der Waals surface area contributed by atoms with Gasteiger partial charge >= 0.3 is 5.97 Å². The Morgan fingerprint density at radius 2 is 2.20 bits per heavy atom. The summed E-state index contributed by atoms with van der Waals surface area (Å²) in [6.07, 6.45) is 0. The molecule has 0 radical (unpaired) electrons. The van der Waals surface area contributed by atoms with Crippen LogP contribution in [0.5, 0.6) is 0 Å². The van der Waals surface area contributed by atoms with Gasteiger partial charge in [0.25, 0.3) is 0 Å². The molecule has 1 aromatic heterocycles. The number of aliphatic hydroxyl groups is 1. The van der Waals surface area contributed by atoms with Crippen LogP contribution in [-0.4, -0.2) is 36.7 Å². The van der Waals surface area contributed by atoms with Gasteiger partial charge in [0.2, 0.25) is 0 Å². The molecule has 106 valence electrons. The lowest BCUT2D eigenvalue weighted by Gasteiger charge is -2.12. The fourth-order valence-electron chi connectivity index (χ4n) is 1.70. The quantitative estimate of drug-likeness (QED) is 0.795. The van der Waals surface area contributed by atoms with E-state index in [0.717, 1.165) is 27.5 Å². The summed E-state index contributed by atoms with van der Waals surface area (Å²) in [7, 11) is 0. The van der Waals surface area contributed by atoms with E-state index in [2.05, 4.69) is 26.1 Å². The molecule has 0 unspecified atom stereocenters. The van der Waals surface area contributed by atoms with Gasteiger partial charge in [0.1, 0.15) is 6.61 Å². The van der Waals surface area contributed by atoms with Crippen LogP contribution in [0.25, 0.3) is 5.69 Å². The number of benzene rings is 1. The maximum atomic E-state index is 10.7. The monoisotopic (exact) mass is 357 g/mol. The molecule has 0 aliphatic rings. The van der Waals surface area contributed by atoms with Crippen LogP contribution in [0.2, 0.25) is 0 Å². The molecule has 6 nitrogen and oxygen atoms in total. The molecule has 0 saturated heterocycles. The Morgan fingerprint density at radius 3 is 2.85 bits per heavy atom. The normalized spacial score (nSPS) is 10.8. The molecule has 2 rings (SSSR count). The highest BCUT2D eigenvalue weighted by atomic mass is 79.9. The Hall–Kier alpha value is -1.38. The summed E-state index contributed by atoms with van der Waals surface area (Å²) in [5.74, 6) is -0.670. The van der Waals surface area contributed by atoms with Crippen molar-refractivity contribution in [3.63, 3.8) is 0 Å². The molecule has 1 aromatic carbocycles. The average molecular weight is 358 g/mol. The summed E-state index contributed by atoms with van der Waals surface area (Å²) in [5.41, 5.74) is 1.76. The van der Waals surface area contributed by atoms with Crippen LogP contribution >= 0.6 is 27.7 Å². The molecule has 0 aliphatic heterocycles. The number of rotatable bonds is 5. The van der Waals surface area contributed by atoms with Crippen molar-refractivity contribution in [1.82, 2.24) is 14.8 Å². The summed E-state index contributed by atoms with van der Waals surface area (Å²) < 4.78 is 2.59. The molecule has 2 N–H and O–H groups in total. The minimum absolute atomic E-state index is 0.114. The van der Waals surface area contributed by atoms with E-state index in [1.54, 1.807) is 4.57 Å². The number of aliphatic carboxylic acids is 1. The van der Waals surface area contributed by atoms with Gasteiger partial charge in [0, 0.05) is 4.47 Å². The third kappa shape index (κ3) is 3.02. The van der Waals surface area contributed by atoms with E-state index in [0.29, 0.717) is 11.0 Å². The minimum Gasteiger partial charge on any atom is -0.481 e. The molecule has 0 aliphatic carbocycles. The predicted octanol–water partition coefficient (Wildman–Crippen LogP) is 2.01. The molecule has 0 saturated carbocycles. The lowest BCUT2D eigenvalue weighted by atomic mass is 10.2. The fourth-order valence-corrected chi connectivity index (χ4v) is 2.74. The number of halogens is 1. The van der Waals surface area contributed by atoms with E-state index in [4.69, 9.17) is 5.11 Å². The van der Waals surface area contributed by atoms with Gasteiger partial charge < -0.3 is 10.2 Å². The maximum absolute atomic E-state index is 10.7. The molecule has 1 heterocycles. The van der Waals surface area contributed by atoms with Crippen molar-refractivity contribution in [3.05, 3.63) is 34.1 Å². The van der Waals surface area contributed by atoms with Crippen LogP contribution in [0.3, 0.4) is 0 Å². The molecule has 0 spiro atoms. The van der Waals surface area contributed by atoms with Crippen LogP contribution in [0.4, 0.5) is 0 Å². The topological polar surface area (TPSA) is 88.2 Å². The lowest BCUT2D eigenvalue weighted by Crippen LogP contribution is -2.06. The van der Waals surface area contributed by atoms with Crippen LogP contribution < -0.4 is 0 Å². The number of carboxylic acids is 1. The van der Waals surface area contributed by atoms with E-state index in [1.165, 1.54) is 0 Å². The number of aromatic nitrogens is 3. The third-order valence-electron chi connectivity index (χ3n) is 2.65. The molecule has 2 aromatic rings. The van der Waals surface area contributed by atoms with E-state index in [-0.39, 0.29) is 12.4 Å². The first-order valence-electron chi connectivity index (χ1n) is 5.69. The molecule has 0 amide bonds. The maximum Gasteiger partial charge on any atom is 0.313 e. The molecule has 0 atom stereocenters. The Bertz CT molecular complexity index is 645. The minimum atomic E-state index is -0.930. The van der Waals surface area contributed by atoms with Crippen LogP contribution in [-0.2, 0) is 11.4 Å². The van der Waals surface area contributed by atoms with E-state index < -0.39 is 5.97 Å². The molecule has 8 heteroatoms. The first-order valence-corrected chi connectivity index (χ1v) is 7.47. The van der Waals surface area contributed by atoms with Gasteiger partial charge in [-0.1, -0.05) is 33.8 Å². The largest absolute Gasteiger partial charge is 0.481 e. The van der Waals surface area contributed by atoms with Crippen molar-refractivity contribution in [2.75, 3.05) is 5.75 Å². The summed E-state index contributed by atoms with van der Waals surface area (Å²) >= 11 is 4.51. The Kier molecular flexibility index (Phi) is 4.79. The molecule has 0 fully saturated rings. The van der Waals surface area contributed by atoms with Gasteiger partial charge in [-0.3, -0.25) is 9.36 Å². The summed E-state index contributed by atoms with van der Waals surface area (Å²) in [6, 6.07) is 5.64. The standard InChI is InChI=1S/C12H12BrN3O3S/c1-7-8(13)3-2-4-9(7)16-10(5-17)14-15-12(16)20-6-11(18)19/h2-4,17H,5-6H2,1H3,(H,18,19). The second kappa shape index (κ2) is 6.38. The Morgan fingerprint density at radius 1 is 1.45 bits per heavy atom. The first-order chi connectivity index (χ1) is 9.54. The van der Waals surface area contributed by atoms with Crippen LogP contribution in [0.1, 0.15) is 11.4 Å². The zero-order chi connectivity index (χ0) is 14.7. The summed E-state index contributed by atoms with van der Waals surface area (Å²) in [4.78, 5) is 10.7. The number of carbonyl (C=O) groups is 1. The molecule has 20 heavy (non-hydrogen) atoms.